The first-order valence-electron chi connectivity index (χ1n) is 6.69. The molecule has 0 amide bonds. The Morgan fingerprint density at radius 3 is 2.72 bits per heavy atom. The van der Waals surface area contributed by atoms with Gasteiger partial charge in [0.1, 0.15) is 5.75 Å². The summed E-state index contributed by atoms with van der Waals surface area (Å²) in [7, 11) is 0. The maximum atomic E-state index is 6.19. The van der Waals surface area contributed by atoms with Crippen molar-refractivity contribution in [3.8, 4) is 5.75 Å². The Labute approximate surface area is 124 Å². The van der Waals surface area contributed by atoms with Gasteiger partial charge in [0.25, 0.3) is 0 Å². The van der Waals surface area contributed by atoms with Crippen LogP contribution in [0.15, 0.2) is 18.2 Å². The number of para-hydroxylation sites is 1. The number of rotatable bonds is 8. The van der Waals surface area contributed by atoms with Crippen LogP contribution in [-0.4, -0.2) is 6.61 Å². The Morgan fingerprint density at radius 1 is 1.33 bits per heavy atom. The van der Waals surface area contributed by atoms with E-state index in [2.05, 4.69) is 29.8 Å². The molecular formula is C15H22BrClO. The van der Waals surface area contributed by atoms with E-state index in [0.29, 0.717) is 10.9 Å². The Kier molecular flexibility index (Phi) is 7.76. The van der Waals surface area contributed by atoms with E-state index in [1.807, 2.05) is 18.2 Å². The van der Waals surface area contributed by atoms with Crippen molar-refractivity contribution in [2.75, 3.05) is 6.61 Å². The predicted molar refractivity (Wildman–Crippen MR) is 82.9 cm³/mol. The minimum atomic E-state index is 0.629. The summed E-state index contributed by atoms with van der Waals surface area (Å²) in [6.45, 7) is 5.21. The summed E-state index contributed by atoms with van der Waals surface area (Å²) in [4.78, 5) is 0. The molecular weight excluding hydrogens is 312 g/mol. The maximum Gasteiger partial charge on any atom is 0.141 e. The van der Waals surface area contributed by atoms with Crippen molar-refractivity contribution < 1.29 is 4.74 Å². The van der Waals surface area contributed by atoms with Crippen LogP contribution < -0.4 is 4.74 Å². The van der Waals surface area contributed by atoms with Crippen molar-refractivity contribution in [2.45, 2.75) is 44.9 Å². The lowest BCUT2D eigenvalue weighted by Gasteiger charge is -2.17. The molecule has 0 radical (unpaired) electrons. The van der Waals surface area contributed by atoms with Crippen LogP contribution in [0.1, 0.15) is 45.1 Å². The molecule has 0 saturated carbocycles. The van der Waals surface area contributed by atoms with Crippen molar-refractivity contribution >= 4 is 27.5 Å². The number of halogens is 2. The van der Waals surface area contributed by atoms with E-state index in [1.165, 1.54) is 19.3 Å². The molecule has 102 valence electrons. The lowest BCUT2D eigenvalue weighted by molar-refractivity contribution is 0.232. The molecule has 0 heterocycles. The second-order valence-corrected chi connectivity index (χ2v) is 5.56. The van der Waals surface area contributed by atoms with E-state index < -0.39 is 0 Å². The van der Waals surface area contributed by atoms with Crippen molar-refractivity contribution in [3.63, 3.8) is 0 Å². The molecule has 0 spiro atoms. The lowest BCUT2D eigenvalue weighted by atomic mass is 10.0. The highest BCUT2D eigenvalue weighted by Crippen LogP contribution is 2.31. The highest BCUT2D eigenvalue weighted by Gasteiger charge is 2.11. The third kappa shape index (κ3) is 4.81. The highest BCUT2D eigenvalue weighted by molar-refractivity contribution is 9.08. The van der Waals surface area contributed by atoms with Gasteiger partial charge in [-0.2, -0.15) is 0 Å². The van der Waals surface area contributed by atoms with Gasteiger partial charge in [-0.1, -0.05) is 72.8 Å². The fraction of sp³-hybridized carbons (Fsp3) is 0.600. The summed E-state index contributed by atoms with van der Waals surface area (Å²) in [5.41, 5.74) is 1.12. The fourth-order valence-corrected chi connectivity index (χ4v) is 2.61. The van der Waals surface area contributed by atoms with Crippen LogP contribution in [-0.2, 0) is 5.33 Å². The Hall–Kier alpha value is -0.210. The summed E-state index contributed by atoms with van der Waals surface area (Å²) < 4.78 is 5.95. The molecule has 0 aliphatic rings. The highest BCUT2D eigenvalue weighted by atomic mass is 79.9. The average Bonchev–Trinajstić information content (AvgIpc) is 2.40. The topological polar surface area (TPSA) is 9.23 Å². The van der Waals surface area contributed by atoms with Gasteiger partial charge in [0.05, 0.1) is 11.6 Å². The van der Waals surface area contributed by atoms with E-state index >= 15 is 0 Å². The third-order valence-corrected chi connectivity index (χ3v) is 4.10. The number of hydrogen-bond acceptors (Lipinski definition) is 1. The number of alkyl halides is 1. The molecule has 1 rings (SSSR count). The standard InChI is InChI=1S/C15H22BrClO/c1-3-5-7-12(4-2)11-18-15-13(10-16)8-6-9-14(15)17/h6,8-9,12H,3-5,7,10-11H2,1-2H3. The number of benzene rings is 1. The summed E-state index contributed by atoms with van der Waals surface area (Å²) in [6, 6.07) is 5.89. The molecule has 1 aromatic carbocycles. The zero-order valence-corrected chi connectivity index (χ0v) is 13.6. The third-order valence-electron chi connectivity index (χ3n) is 3.20. The SMILES string of the molecule is CCCCC(CC)COc1c(Cl)cccc1CBr. The van der Waals surface area contributed by atoms with Crippen LogP contribution in [0.3, 0.4) is 0 Å². The summed E-state index contributed by atoms with van der Waals surface area (Å²) >= 11 is 9.66. The first-order chi connectivity index (χ1) is 8.72. The molecule has 0 fully saturated rings. The molecule has 3 heteroatoms. The fourth-order valence-electron chi connectivity index (χ4n) is 1.92. The second-order valence-electron chi connectivity index (χ2n) is 4.59. The maximum absolute atomic E-state index is 6.19. The molecule has 0 saturated heterocycles. The number of unbranched alkanes of at least 4 members (excludes halogenated alkanes) is 1. The van der Waals surface area contributed by atoms with Gasteiger partial charge in [-0.25, -0.2) is 0 Å². The normalized spacial score (nSPS) is 12.4. The largest absolute Gasteiger partial charge is 0.491 e. The average molecular weight is 334 g/mol. The van der Waals surface area contributed by atoms with E-state index in [-0.39, 0.29) is 0 Å². The Bertz CT molecular complexity index is 354. The first-order valence-corrected chi connectivity index (χ1v) is 8.19. The molecule has 0 N–H and O–H groups in total. The molecule has 1 nitrogen and oxygen atoms in total. The quantitative estimate of drug-likeness (QED) is 0.544. The molecule has 1 atom stereocenters. The Morgan fingerprint density at radius 2 is 2.11 bits per heavy atom. The van der Waals surface area contributed by atoms with Gasteiger partial charge in [0.2, 0.25) is 0 Å². The van der Waals surface area contributed by atoms with Crippen LogP contribution in [0.4, 0.5) is 0 Å². The van der Waals surface area contributed by atoms with E-state index in [9.17, 15) is 0 Å². The zero-order valence-electron chi connectivity index (χ0n) is 11.2. The molecule has 1 unspecified atom stereocenters. The predicted octanol–water partition coefficient (Wildman–Crippen LogP) is 5.83. The van der Waals surface area contributed by atoms with Crippen molar-refractivity contribution in [2.24, 2.45) is 5.92 Å². The smallest absolute Gasteiger partial charge is 0.141 e. The molecule has 0 aliphatic carbocycles. The summed E-state index contributed by atoms with van der Waals surface area (Å²) in [5, 5.41) is 1.48. The molecule has 1 aromatic rings. The van der Waals surface area contributed by atoms with E-state index in [0.717, 1.165) is 29.7 Å². The summed E-state index contributed by atoms with van der Waals surface area (Å²) in [5.74, 6) is 1.47. The van der Waals surface area contributed by atoms with Gasteiger partial charge in [-0.15, -0.1) is 0 Å². The van der Waals surface area contributed by atoms with Crippen LogP contribution in [0.25, 0.3) is 0 Å². The first kappa shape index (κ1) is 15.8. The molecule has 18 heavy (non-hydrogen) atoms. The minimum absolute atomic E-state index is 0.629. The van der Waals surface area contributed by atoms with Crippen LogP contribution >= 0.6 is 27.5 Å². The van der Waals surface area contributed by atoms with Gasteiger partial charge in [0, 0.05) is 10.9 Å². The summed E-state index contributed by atoms with van der Waals surface area (Å²) in [6.07, 6.45) is 4.92. The second kappa shape index (κ2) is 8.82. The van der Waals surface area contributed by atoms with Crippen molar-refractivity contribution in [1.29, 1.82) is 0 Å². The lowest BCUT2D eigenvalue weighted by Crippen LogP contribution is -2.12. The molecule has 0 aromatic heterocycles. The van der Waals surface area contributed by atoms with Gasteiger partial charge >= 0.3 is 0 Å². The van der Waals surface area contributed by atoms with Gasteiger partial charge in [-0.05, 0) is 18.4 Å². The monoisotopic (exact) mass is 332 g/mol. The number of hydrogen-bond donors (Lipinski definition) is 0. The van der Waals surface area contributed by atoms with E-state index in [4.69, 9.17) is 16.3 Å². The Balaban J connectivity index is 2.61. The van der Waals surface area contributed by atoms with Crippen LogP contribution in [0.5, 0.6) is 5.75 Å². The van der Waals surface area contributed by atoms with Crippen molar-refractivity contribution in [1.82, 2.24) is 0 Å². The van der Waals surface area contributed by atoms with Crippen molar-refractivity contribution in [3.05, 3.63) is 28.8 Å². The van der Waals surface area contributed by atoms with Crippen LogP contribution in [0, 0.1) is 5.92 Å². The minimum Gasteiger partial charge on any atom is -0.491 e. The van der Waals surface area contributed by atoms with Gasteiger partial charge < -0.3 is 4.74 Å². The van der Waals surface area contributed by atoms with Crippen LogP contribution in [0.2, 0.25) is 5.02 Å². The molecule has 0 aliphatic heterocycles. The zero-order chi connectivity index (χ0) is 13.4. The van der Waals surface area contributed by atoms with Gasteiger partial charge in [-0.3, -0.25) is 0 Å². The number of ether oxygens (including phenoxy) is 1. The van der Waals surface area contributed by atoms with Gasteiger partial charge in [0.15, 0.2) is 0 Å². The van der Waals surface area contributed by atoms with E-state index in [1.54, 1.807) is 0 Å². The molecule has 0 bridgehead atoms.